The average molecular weight is 291 g/mol. The summed E-state index contributed by atoms with van der Waals surface area (Å²) in [5.41, 5.74) is 0.468. The van der Waals surface area contributed by atoms with Crippen LogP contribution in [0, 0.1) is 4.91 Å². The van der Waals surface area contributed by atoms with Crippen molar-refractivity contribution < 1.29 is 14.3 Å². The summed E-state index contributed by atoms with van der Waals surface area (Å²) in [5.74, 6) is -0.116. The highest BCUT2D eigenvalue weighted by molar-refractivity contribution is 6.22. The van der Waals surface area contributed by atoms with E-state index in [0.717, 1.165) is 9.91 Å². The van der Waals surface area contributed by atoms with Crippen LogP contribution in [0.3, 0.4) is 0 Å². The van der Waals surface area contributed by atoms with Crippen molar-refractivity contribution >= 4 is 17.5 Å². The molecule has 0 N–H and O–H groups in total. The Hall–Kier alpha value is -2.44. The van der Waals surface area contributed by atoms with Crippen molar-refractivity contribution in [3.63, 3.8) is 0 Å². The summed E-state index contributed by atoms with van der Waals surface area (Å²) in [4.78, 5) is 36.4. The van der Waals surface area contributed by atoms with Crippen LogP contribution >= 0.6 is 0 Å². The van der Waals surface area contributed by atoms with Gasteiger partial charge in [-0.05, 0) is 30.7 Å². The number of amides is 2. The third kappa shape index (κ3) is 2.86. The molecule has 7 nitrogen and oxygen atoms in total. The monoisotopic (exact) mass is 291 g/mol. The molecule has 1 heterocycles. The number of benzene rings is 1. The van der Waals surface area contributed by atoms with Gasteiger partial charge in [0.1, 0.15) is 11.8 Å². The maximum atomic E-state index is 12.4. The van der Waals surface area contributed by atoms with E-state index < -0.39 is 11.9 Å². The van der Waals surface area contributed by atoms with Crippen LogP contribution in [-0.2, 0) is 9.59 Å². The molecule has 1 fully saturated rings. The molecule has 0 unspecified atom stereocenters. The fourth-order valence-electron chi connectivity index (χ4n) is 2.33. The molecule has 1 atom stereocenters. The molecule has 1 aromatic carbocycles. The topological polar surface area (TPSA) is 79.3 Å². The first-order valence-electron chi connectivity index (χ1n) is 6.73. The van der Waals surface area contributed by atoms with Crippen LogP contribution in [0.25, 0.3) is 0 Å². The van der Waals surface area contributed by atoms with Gasteiger partial charge in [0.25, 0.3) is 5.91 Å². The quantitative estimate of drug-likeness (QED) is 0.453. The molecule has 2 amide bonds. The van der Waals surface area contributed by atoms with Crippen LogP contribution in [0.15, 0.2) is 29.6 Å². The normalized spacial score (nSPS) is 18.0. The van der Waals surface area contributed by atoms with Gasteiger partial charge in [-0.1, -0.05) is 6.92 Å². The van der Waals surface area contributed by atoms with Gasteiger partial charge in [0.2, 0.25) is 5.91 Å². The number of hydrogen-bond donors (Lipinski definition) is 0. The standard InChI is InChI=1S/C14H17N3O4/c1-3-8-16(15-20)12-9-13(18)17(14(12)19)10-4-6-11(21-2)7-5-10/h4-7,12H,3,8-9H2,1-2H3/t12-/m1/s1. The number of ether oxygens (including phenoxy) is 1. The Bertz CT molecular complexity index is 544. The number of carbonyl (C=O) groups is 2. The molecule has 1 saturated heterocycles. The molecule has 2 rings (SSSR count). The van der Waals surface area contributed by atoms with Gasteiger partial charge < -0.3 is 4.74 Å². The van der Waals surface area contributed by atoms with Crippen molar-refractivity contribution in [1.29, 1.82) is 0 Å². The molecule has 1 aliphatic heterocycles. The Labute approximate surface area is 122 Å². The van der Waals surface area contributed by atoms with Crippen molar-refractivity contribution in [3.05, 3.63) is 29.2 Å². The van der Waals surface area contributed by atoms with Gasteiger partial charge >= 0.3 is 0 Å². The summed E-state index contributed by atoms with van der Waals surface area (Å²) in [6.07, 6.45) is 0.642. The van der Waals surface area contributed by atoms with E-state index in [1.807, 2.05) is 6.92 Å². The fourth-order valence-corrected chi connectivity index (χ4v) is 2.33. The Morgan fingerprint density at radius 3 is 2.52 bits per heavy atom. The van der Waals surface area contributed by atoms with Gasteiger partial charge in [0.05, 0.1) is 24.5 Å². The first-order chi connectivity index (χ1) is 10.1. The van der Waals surface area contributed by atoms with E-state index in [-0.39, 0.29) is 12.3 Å². The molecule has 0 radical (unpaired) electrons. The second kappa shape index (κ2) is 6.34. The van der Waals surface area contributed by atoms with E-state index in [1.165, 1.54) is 7.11 Å². The second-order valence-electron chi connectivity index (χ2n) is 4.73. The molecule has 112 valence electrons. The minimum Gasteiger partial charge on any atom is -0.497 e. The Kier molecular flexibility index (Phi) is 4.52. The van der Waals surface area contributed by atoms with E-state index >= 15 is 0 Å². The van der Waals surface area contributed by atoms with Gasteiger partial charge in [-0.2, -0.15) is 0 Å². The van der Waals surface area contributed by atoms with E-state index in [0.29, 0.717) is 24.4 Å². The molecule has 1 aliphatic rings. The van der Waals surface area contributed by atoms with Crippen molar-refractivity contribution in [1.82, 2.24) is 5.01 Å². The molecular weight excluding hydrogens is 274 g/mol. The second-order valence-corrected chi connectivity index (χ2v) is 4.73. The molecule has 0 aliphatic carbocycles. The zero-order valence-corrected chi connectivity index (χ0v) is 12.0. The van der Waals surface area contributed by atoms with Gasteiger partial charge in [-0.25, -0.2) is 9.91 Å². The highest BCUT2D eigenvalue weighted by Gasteiger charge is 2.43. The van der Waals surface area contributed by atoms with Gasteiger partial charge in [0.15, 0.2) is 0 Å². The first-order valence-corrected chi connectivity index (χ1v) is 6.73. The largest absolute Gasteiger partial charge is 0.497 e. The maximum Gasteiger partial charge on any atom is 0.258 e. The van der Waals surface area contributed by atoms with Gasteiger partial charge in [-0.15, -0.1) is 4.91 Å². The minimum absolute atomic E-state index is 0.0311. The first kappa shape index (κ1) is 15.0. The van der Waals surface area contributed by atoms with E-state index in [4.69, 9.17) is 4.74 Å². The van der Waals surface area contributed by atoms with Crippen LogP contribution in [0.1, 0.15) is 19.8 Å². The molecule has 0 saturated carbocycles. The summed E-state index contributed by atoms with van der Waals surface area (Å²) in [7, 11) is 1.54. The lowest BCUT2D eigenvalue weighted by molar-refractivity contribution is -0.123. The van der Waals surface area contributed by atoms with E-state index in [9.17, 15) is 14.5 Å². The number of anilines is 1. The van der Waals surface area contributed by atoms with Crippen molar-refractivity contribution in [2.24, 2.45) is 5.29 Å². The third-order valence-electron chi connectivity index (χ3n) is 3.37. The van der Waals surface area contributed by atoms with Crippen LogP contribution in [-0.4, -0.2) is 36.5 Å². The van der Waals surface area contributed by atoms with Crippen LogP contribution in [0.5, 0.6) is 5.75 Å². The lowest BCUT2D eigenvalue weighted by atomic mass is 10.2. The zero-order valence-electron chi connectivity index (χ0n) is 12.0. The molecule has 1 aromatic rings. The summed E-state index contributed by atoms with van der Waals surface area (Å²) in [6, 6.07) is 5.80. The lowest BCUT2D eigenvalue weighted by Crippen LogP contribution is -2.39. The van der Waals surface area contributed by atoms with Gasteiger partial charge in [0, 0.05) is 6.54 Å². The predicted molar refractivity (Wildman–Crippen MR) is 76.7 cm³/mol. The summed E-state index contributed by atoms with van der Waals surface area (Å²) in [6.45, 7) is 2.23. The molecule has 0 bridgehead atoms. The van der Waals surface area contributed by atoms with E-state index in [2.05, 4.69) is 5.29 Å². The Morgan fingerprint density at radius 1 is 1.33 bits per heavy atom. The van der Waals surface area contributed by atoms with E-state index in [1.54, 1.807) is 24.3 Å². The number of imide groups is 1. The SMILES string of the molecule is CCCN(N=O)[C@@H]1CC(=O)N(c2ccc(OC)cc2)C1=O. The molecule has 21 heavy (non-hydrogen) atoms. The highest BCUT2D eigenvalue weighted by Crippen LogP contribution is 2.27. The molecule has 0 spiro atoms. The smallest absolute Gasteiger partial charge is 0.258 e. The number of carbonyl (C=O) groups excluding carboxylic acids is 2. The molecule has 0 aromatic heterocycles. The average Bonchev–Trinajstić information content (AvgIpc) is 2.80. The minimum atomic E-state index is -0.808. The predicted octanol–water partition coefficient (Wildman–Crippen LogP) is 1.72. The maximum absolute atomic E-state index is 12.4. The van der Waals surface area contributed by atoms with Crippen molar-refractivity contribution in [3.8, 4) is 5.75 Å². The Balaban J connectivity index is 2.22. The van der Waals surface area contributed by atoms with Crippen molar-refractivity contribution in [2.75, 3.05) is 18.6 Å². The van der Waals surface area contributed by atoms with Gasteiger partial charge in [-0.3, -0.25) is 9.59 Å². The Morgan fingerprint density at radius 2 is 2.00 bits per heavy atom. The van der Waals surface area contributed by atoms with Crippen LogP contribution < -0.4 is 9.64 Å². The number of methoxy groups -OCH3 is 1. The fraction of sp³-hybridized carbons (Fsp3) is 0.429. The zero-order chi connectivity index (χ0) is 15.4. The molecule has 7 heteroatoms. The summed E-state index contributed by atoms with van der Waals surface area (Å²) in [5, 5.41) is 4.01. The number of hydrogen-bond acceptors (Lipinski definition) is 5. The van der Waals surface area contributed by atoms with Crippen LogP contribution in [0.4, 0.5) is 5.69 Å². The summed E-state index contributed by atoms with van der Waals surface area (Å²) < 4.78 is 5.04. The third-order valence-corrected chi connectivity index (χ3v) is 3.37. The summed E-state index contributed by atoms with van der Waals surface area (Å²) >= 11 is 0. The number of nitrogens with zero attached hydrogens (tertiary/aromatic N) is 3. The lowest BCUT2D eigenvalue weighted by Gasteiger charge is -2.20. The number of rotatable bonds is 6. The highest BCUT2D eigenvalue weighted by atomic mass is 16.5. The van der Waals surface area contributed by atoms with Crippen molar-refractivity contribution in [2.45, 2.75) is 25.8 Å². The molecular formula is C14H17N3O4. The van der Waals surface area contributed by atoms with Crippen LogP contribution in [0.2, 0.25) is 0 Å². The number of nitroso groups, excluding NO2 is 1.